The van der Waals surface area contributed by atoms with Crippen LogP contribution in [-0.4, -0.2) is 44.2 Å². The van der Waals surface area contributed by atoms with Crippen LogP contribution in [0.1, 0.15) is 10.4 Å². The quantitative estimate of drug-likeness (QED) is 0.265. The number of carbonyl (C=O) groups excluding carboxylic acids is 3. The third-order valence-corrected chi connectivity index (χ3v) is 2.77. The number of nitrogens with zero attached hydrogens (tertiary/aromatic N) is 1. The molecule has 10 nitrogen and oxygen atoms in total. The van der Waals surface area contributed by atoms with Gasteiger partial charge in [0.15, 0.2) is 0 Å². The van der Waals surface area contributed by atoms with E-state index in [-0.39, 0.29) is 11.3 Å². The summed E-state index contributed by atoms with van der Waals surface area (Å²) in [7, 11) is 3.23. The van der Waals surface area contributed by atoms with Gasteiger partial charge >= 0.3 is 17.9 Å². The molecule has 0 unspecified atom stereocenters. The highest BCUT2D eigenvalue weighted by molar-refractivity contribution is 6.03. The van der Waals surface area contributed by atoms with Crippen LogP contribution in [0.2, 0.25) is 0 Å². The molecule has 24 heavy (non-hydrogen) atoms. The van der Waals surface area contributed by atoms with E-state index >= 15 is 0 Å². The highest BCUT2D eigenvalue weighted by atomic mass is 16.6. The van der Waals surface area contributed by atoms with E-state index in [9.17, 15) is 24.5 Å². The van der Waals surface area contributed by atoms with Gasteiger partial charge in [-0.3, -0.25) is 10.1 Å². The largest absolute Gasteiger partial charge is 0.466 e. The summed E-state index contributed by atoms with van der Waals surface area (Å²) in [5.74, 6) is -2.76. The second-order valence-electron chi connectivity index (χ2n) is 4.15. The molecule has 1 N–H and O–H groups in total. The number of hydrogen-bond acceptors (Lipinski definition) is 9. The van der Waals surface area contributed by atoms with Crippen molar-refractivity contribution in [2.45, 2.75) is 0 Å². The lowest BCUT2D eigenvalue weighted by Gasteiger charge is -2.12. The third-order valence-electron chi connectivity index (χ3n) is 2.77. The molecule has 0 heterocycles. The predicted octanol–water partition coefficient (Wildman–Crippen LogP) is 1.02. The van der Waals surface area contributed by atoms with Crippen molar-refractivity contribution < 1.29 is 33.5 Å². The summed E-state index contributed by atoms with van der Waals surface area (Å²) in [5, 5.41) is 13.5. The molecule has 0 bridgehead atoms. The van der Waals surface area contributed by atoms with Gasteiger partial charge in [-0.25, -0.2) is 14.4 Å². The van der Waals surface area contributed by atoms with Crippen LogP contribution in [0.3, 0.4) is 0 Å². The molecule has 10 heteroatoms. The molecule has 128 valence electrons. The lowest BCUT2D eigenvalue weighted by molar-refractivity contribution is -0.384. The Labute approximate surface area is 136 Å². The molecule has 1 aromatic rings. The number of nitro groups is 1. The lowest BCUT2D eigenvalue weighted by atomic mass is 10.1. The first-order valence-corrected chi connectivity index (χ1v) is 6.36. The van der Waals surface area contributed by atoms with E-state index in [4.69, 9.17) is 0 Å². The molecule has 0 atom stereocenters. The molecular formula is C14H14N2O8. The Morgan fingerprint density at radius 2 is 1.79 bits per heavy atom. The van der Waals surface area contributed by atoms with Crippen molar-refractivity contribution >= 4 is 29.3 Å². The molecule has 0 amide bonds. The molecule has 0 fully saturated rings. The van der Waals surface area contributed by atoms with E-state index in [0.717, 1.165) is 33.5 Å². The Morgan fingerprint density at radius 3 is 2.29 bits per heavy atom. The molecule has 0 saturated carbocycles. The van der Waals surface area contributed by atoms with Gasteiger partial charge in [-0.15, -0.1) is 0 Å². The second kappa shape index (κ2) is 8.27. The fraction of sp³-hybridized carbons (Fsp3) is 0.214. The van der Waals surface area contributed by atoms with Crippen LogP contribution < -0.4 is 5.32 Å². The van der Waals surface area contributed by atoms with Gasteiger partial charge in [0.05, 0.1) is 37.9 Å². The van der Waals surface area contributed by atoms with Crippen molar-refractivity contribution in [2.75, 3.05) is 26.6 Å². The molecule has 0 radical (unpaired) electrons. The number of nitrogens with one attached hydrogen (secondary N) is 1. The first kappa shape index (κ1) is 18.6. The van der Waals surface area contributed by atoms with E-state index < -0.39 is 34.2 Å². The number of hydrogen-bond donors (Lipinski definition) is 1. The van der Waals surface area contributed by atoms with Gasteiger partial charge in [0.25, 0.3) is 5.69 Å². The summed E-state index contributed by atoms with van der Waals surface area (Å²) in [6.45, 7) is 0. The van der Waals surface area contributed by atoms with Gasteiger partial charge < -0.3 is 19.5 Å². The van der Waals surface area contributed by atoms with E-state index in [0.29, 0.717) is 0 Å². The monoisotopic (exact) mass is 338 g/mol. The standard InChI is InChI=1S/C14H14N2O8/c1-22-11(17)7-9(14(19)24-3)15-12-8(13(18)23-2)5-4-6-10(12)16(20)21/h4-7,15H,1-3H3/b9-7+. The number of para-hydroxylation sites is 1. The van der Waals surface area contributed by atoms with Gasteiger partial charge in [0.2, 0.25) is 0 Å². The van der Waals surface area contributed by atoms with Crippen LogP contribution in [0, 0.1) is 10.1 Å². The average molecular weight is 338 g/mol. The van der Waals surface area contributed by atoms with E-state index in [1.54, 1.807) is 0 Å². The van der Waals surface area contributed by atoms with Crippen molar-refractivity contribution in [1.82, 2.24) is 0 Å². The van der Waals surface area contributed by atoms with Crippen molar-refractivity contribution in [1.29, 1.82) is 0 Å². The van der Waals surface area contributed by atoms with Crippen LogP contribution >= 0.6 is 0 Å². The summed E-state index contributed by atoms with van der Waals surface area (Å²) in [6, 6.07) is 3.65. The minimum absolute atomic E-state index is 0.202. The van der Waals surface area contributed by atoms with Gasteiger partial charge in [-0.2, -0.15) is 0 Å². The Morgan fingerprint density at radius 1 is 1.12 bits per heavy atom. The number of benzene rings is 1. The number of methoxy groups -OCH3 is 3. The Bertz CT molecular complexity index is 711. The zero-order chi connectivity index (χ0) is 18.3. The zero-order valence-corrected chi connectivity index (χ0v) is 13.0. The molecule has 0 aromatic heterocycles. The van der Waals surface area contributed by atoms with Crippen molar-refractivity contribution in [3.8, 4) is 0 Å². The molecular weight excluding hydrogens is 324 g/mol. The lowest BCUT2D eigenvalue weighted by Crippen LogP contribution is -2.18. The van der Waals surface area contributed by atoms with Crippen LogP contribution in [-0.2, 0) is 23.8 Å². The van der Waals surface area contributed by atoms with Crippen LogP contribution in [0.5, 0.6) is 0 Å². The normalized spacial score (nSPS) is 10.5. The Hall–Kier alpha value is -3.43. The summed E-state index contributed by atoms with van der Waals surface area (Å²) in [6.07, 6.45) is 0.740. The van der Waals surface area contributed by atoms with Crippen molar-refractivity contribution in [3.63, 3.8) is 0 Å². The van der Waals surface area contributed by atoms with Crippen LogP contribution in [0.4, 0.5) is 11.4 Å². The zero-order valence-electron chi connectivity index (χ0n) is 13.0. The minimum atomic E-state index is -0.991. The number of carbonyl (C=O) groups is 3. The minimum Gasteiger partial charge on any atom is -0.466 e. The highest BCUT2D eigenvalue weighted by Crippen LogP contribution is 2.30. The summed E-state index contributed by atoms with van der Waals surface area (Å²) >= 11 is 0. The smallest absolute Gasteiger partial charge is 0.354 e. The predicted molar refractivity (Wildman–Crippen MR) is 80.2 cm³/mol. The second-order valence-corrected chi connectivity index (χ2v) is 4.15. The number of esters is 3. The van der Waals surface area contributed by atoms with E-state index in [1.165, 1.54) is 12.1 Å². The van der Waals surface area contributed by atoms with Gasteiger partial charge in [-0.05, 0) is 6.07 Å². The molecule has 0 aliphatic rings. The fourth-order valence-corrected chi connectivity index (χ4v) is 1.67. The summed E-state index contributed by atoms with van der Waals surface area (Å²) < 4.78 is 13.4. The number of rotatable bonds is 6. The molecule has 1 aromatic carbocycles. The third kappa shape index (κ3) is 4.29. The molecule has 0 aliphatic carbocycles. The molecule has 1 rings (SSSR count). The van der Waals surface area contributed by atoms with E-state index in [1.807, 2.05) is 0 Å². The van der Waals surface area contributed by atoms with Gasteiger partial charge in [-0.1, -0.05) is 6.07 Å². The van der Waals surface area contributed by atoms with Gasteiger partial charge in [0.1, 0.15) is 11.4 Å². The number of ether oxygens (including phenoxy) is 3. The van der Waals surface area contributed by atoms with Crippen LogP contribution in [0.15, 0.2) is 30.0 Å². The fourth-order valence-electron chi connectivity index (χ4n) is 1.67. The maximum absolute atomic E-state index is 11.8. The molecule has 0 spiro atoms. The summed E-state index contributed by atoms with van der Waals surface area (Å²) in [5.41, 5.74) is -1.48. The first-order chi connectivity index (χ1) is 11.3. The number of nitro benzene ring substituents is 1. The van der Waals surface area contributed by atoms with Crippen LogP contribution in [0.25, 0.3) is 0 Å². The molecule has 0 saturated heterocycles. The highest BCUT2D eigenvalue weighted by Gasteiger charge is 2.25. The maximum atomic E-state index is 11.8. The van der Waals surface area contributed by atoms with Gasteiger partial charge in [0, 0.05) is 6.07 Å². The summed E-state index contributed by atoms with van der Waals surface area (Å²) in [4.78, 5) is 45.3. The Balaban J connectivity index is 3.48. The Kier molecular flexibility index (Phi) is 6.41. The van der Waals surface area contributed by atoms with Crippen molar-refractivity contribution in [3.05, 3.63) is 45.6 Å². The van der Waals surface area contributed by atoms with E-state index in [2.05, 4.69) is 19.5 Å². The molecule has 0 aliphatic heterocycles. The topological polar surface area (TPSA) is 134 Å². The number of anilines is 1. The SMILES string of the molecule is COC(=O)/C=C(/Nc1c(C(=O)OC)cccc1[N+](=O)[O-])C(=O)OC. The average Bonchev–Trinajstić information content (AvgIpc) is 2.59. The first-order valence-electron chi connectivity index (χ1n) is 6.36. The van der Waals surface area contributed by atoms with Crippen molar-refractivity contribution in [2.24, 2.45) is 0 Å². The maximum Gasteiger partial charge on any atom is 0.354 e.